The van der Waals surface area contributed by atoms with Gasteiger partial charge in [0, 0.05) is 27.7 Å². The van der Waals surface area contributed by atoms with Crippen LogP contribution in [0.1, 0.15) is 35.3 Å². The lowest BCUT2D eigenvalue weighted by Crippen LogP contribution is -2.37. The molecule has 0 spiro atoms. The summed E-state index contributed by atoms with van der Waals surface area (Å²) in [4.78, 5) is 12.4. The number of hydrogen-bond acceptors (Lipinski definition) is 2. The van der Waals surface area contributed by atoms with Gasteiger partial charge in [-0.3, -0.25) is 4.79 Å². The van der Waals surface area contributed by atoms with Crippen LogP contribution in [-0.2, 0) is 5.41 Å². The van der Waals surface area contributed by atoms with E-state index in [0.29, 0.717) is 17.8 Å². The number of hydrogen-bond donors (Lipinski definition) is 2. The van der Waals surface area contributed by atoms with Crippen LogP contribution in [0.4, 0.5) is 5.69 Å². The van der Waals surface area contributed by atoms with E-state index in [4.69, 9.17) is 5.73 Å². The Labute approximate surface area is 152 Å². The van der Waals surface area contributed by atoms with E-state index < -0.39 is 0 Å². The van der Waals surface area contributed by atoms with Gasteiger partial charge in [-0.2, -0.15) is 0 Å². The van der Waals surface area contributed by atoms with Crippen molar-refractivity contribution in [3.63, 3.8) is 0 Å². The first-order valence-electron chi connectivity index (χ1n) is 7.20. The normalized spacial score (nSPS) is 10.8. The lowest BCUT2D eigenvalue weighted by Gasteiger charge is -2.26. The molecule has 0 bridgehead atoms. The second kappa shape index (κ2) is 7.84. The predicted octanol–water partition coefficient (Wildman–Crippen LogP) is 4.47. The molecule has 0 saturated heterocycles. The van der Waals surface area contributed by atoms with Gasteiger partial charge in [0.25, 0.3) is 5.91 Å². The molecule has 3 N–H and O–H groups in total. The third-order valence-electron chi connectivity index (χ3n) is 3.80. The van der Waals surface area contributed by atoms with Gasteiger partial charge in [-0.05, 0) is 42.3 Å². The SMILES string of the molecule is Cc1ccc(N)cc1C(=O)NCC(C)(C)c1cccc(Br)c1.Cl. The molecule has 0 aromatic heterocycles. The van der Waals surface area contributed by atoms with Gasteiger partial charge < -0.3 is 11.1 Å². The smallest absolute Gasteiger partial charge is 0.251 e. The maximum Gasteiger partial charge on any atom is 0.251 e. The molecule has 0 radical (unpaired) electrons. The number of nitrogens with two attached hydrogens (primary N) is 1. The summed E-state index contributed by atoms with van der Waals surface area (Å²) in [7, 11) is 0. The van der Waals surface area contributed by atoms with Crippen molar-refractivity contribution < 1.29 is 4.79 Å². The fraction of sp³-hybridized carbons (Fsp3) is 0.278. The largest absolute Gasteiger partial charge is 0.399 e. The van der Waals surface area contributed by atoms with Crippen LogP contribution in [0.2, 0.25) is 0 Å². The maximum absolute atomic E-state index is 12.4. The Morgan fingerprint density at radius 3 is 2.57 bits per heavy atom. The molecule has 3 nitrogen and oxygen atoms in total. The highest BCUT2D eigenvalue weighted by Gasteiger charge is 2.22. The number of amides is 1. The van der Waals surface area contributed by atoms with Crippen LogP contribution in [0, 0.1) is 6.92 Å². The topological polar surface area (TPSA) is 55.1 Å². The molecule has 23 heavy (non-hydrogen) atoms. The number of nitrogens with one attached hydrogen (secondary N) is 1. The molecule has 0 aliphatic carbocycles. The van der Waals surface area contributed by atoms with E-state index in [2.05, 4.69) is 47.2 Å². The molecule has 0 saturated carbocycles. The third-order valence-corrected chi connectivity index (χ3v) is 4.30. The minimum atomic E-state index is -0.159. The average Bonchev–Trinajstić information content (AvgIpc) is 2.47. The van der Waals surface area contributed by atoms with Crippen molar-refractivity contribution in [3.8, 4) is 0 Å². The molecule has 0 unspecified atom stereocenters. The number of benzene rings is 2. The van der Waals surface area contributed by atoms with Gasteiger partial charge in [-0.1, -0.05) is 48.0 Å². The molecule has 2 aromatic carbocycles. The van der Waals surface area contributed by atoms with Crippen molar-refractivity contribution in [1.82, 2.24) is 5.32 Å². The van der Waals surface area contributed by atoms with E-state index in [0.717, 1.165) is 10.0 Å². The van der Waals surface area contributed by atoms with E-state index in [1.807, 2.05) is 25.1 Å². The van der Waals surface area contributed by atoms with Crippen LogP contribution >= 0.6 is 28.3 Å². The van der Waals surface area contributed by atoms with Gasteiger partial charge >= 0.3 is 0 Å². The zero-order valence-corrected chi connectivity index (χ0v) is 15.9. The van der Waals surface area contributed by atoms with Gasteiger partial charge in [0.2, 0.25) is 0 Å². The molecule has 124 valence electrons. The number of nitrogen functional groups attached to an aromatic ring is 1. The maximum atomic E-state index is 12.4. The Kier molecular flexibility index (Phi) is 6.66. The van der Waals surface area contributed by atoms with Crippen molar-refractivity contribution in [3.05, 3.63) is 63.6 Å². The number of rotatable bonds is 4. The molecule has 0 atom stereocenters. The standard InChI is InChI=1S/C18H21BrN2O.ClH/c1-12-7-8-15(20)10-16(12)17(22)21-11-18(2,3)13-5-4-6-14(19)9-13;/h4-10H,11,20H2,1-3H3,(H,21,22);1H. The highest BCUT2D eigenvalue weighted by atomic mass is 79.9. The van der Waals surface area contributed by atoms with Gasteiger partial charge in [-0.25, -0.2) is 0 Å². The summed E-state index contributed by atoms with van der Waals surface area (Å²) in [6.45, 7) is 6.69. The van der Waals surface area contributed by atoms with Crippen LogP contribution in [0.3, 0.4) is 0 Å². The van der Waals surface area contributed by atoms with Crippen molar-refractivity contribution >= 4 is 39.9 Å². The average molecular weight is 398 g/mol. The van der Waals surface area contributed by atoms with E-state index in [1.54, 1.807) is 12.1 Å². The number of anilines is 1. The molecular weight excluding hydrogens is 376 g/mol. The van der Waals surface area contributed by atoms with Crippen LogP contribution in [0.5, 0.6) is 0 Å². The molecule has 2 aromatic rings. The van der Waals surface area contributed by atoms with Crippen LogP contribution in [-0.4, -0.2) is 12.5 Å². The fourth-order valence-electron chi connectivity index (χ4n) is 2.29. The zero-order valence-electron chi connectivity index (χ0n) is 13.5. The fourth-order valence-corrected chi connectivity index (χ4v) is 2.69. The summed E-state index contributed by atoms with van der Waals surface area (Å²) in [6, 6.07) is 13.5. The second-order valence-corrected chi connectivity index (χ2v) is 7.07. The number of carbonyl (C=O) groups is 1. The molecule has 0 fully saturated rings. The van der Waals surface area contributed by atoms with Crippen LogP contribution < -0.4 is 11.1 Å². The Morgan fingerprint density at radius 2 is 1.91 bits per heavy atom. The van der Waals surface area contributed by atoms with Crippen molar-refractivity contribution in [1.29, 1.82) is 0 Å². The van der Waals surface area contributed by atoms with Crippen molar-refractivity contribution in [2.75, 3.05) is 12.3 Å². The molecule has 0 heterocycles. The van der Waals surface area contributed by atoms with E-state index in [9.17, 15) is 4.79 Å². The third kappa shape index (κ3) is 4.98. The molecule has 0 aliphatic heterocycles. The molecule has 2 rings (SSSR count). The molecule has 0 aliphatic rings. The highest BCUT2D eigenvalue weighted by molar-refractivity contribution is 9.10. The van der Waals surface area contributed by atoms with Crippen LogP contribution in [0.15, 0.2) is 46.9 Å². The van der Waals surface area contributed by atoms with Gasteiger partial charge in [0.1, 0.15) is 0 Å². The van der Waals surface area contributed by atoms with Crippen molar-refractivity contribution in [2.24, 2.45) is 0 Å². The lowest BCUT2D eigenvalue weighted by atomic mass is 9.84. The lowest BCUT2D eigenvalue weighted by molar-refractivity contribution is 0.0945. The molecule has 1 amide bonds. The number of halogens is 2. The quantitative estimate of drug-likeness (QED) is 0.748. The van der Waals surface area contributed by atoms with Gasteiger partial charge in [-0.15, -0.1) is 12.4 Å². The van der Waals surface area contributed by atoms with Gasteiger partial charge in [0.05, 0.1) is 0 Å². The minimum absolute atomic E-state index is 0. The monoisotopic (exact) mass is 396 g/mol. The predicted molar refractivity (Wildman–Crippen MR) is 102 cm³/mol. The summed E-state index contributed by atoms with van der Waals surface area (Å²) in [5.41, 5.74) is 8.94. The number of carbonyl (C=O) groups excluding carboxylic acids is 1. The van der Waals surface area contributed by atoms with Crippen LogP contribution in [0.25, 0.3) is 0 Å². The summed E-state index contributed by atoms with van der Waals surface area (Å²) in [5.74, 6) is -0.0899. The van der Waals surface area contributed by atoms with Crippen molar-refractivity contribution in [2.45, 2.75) is 26.2 Å². The minimum Gasteiger partial charge on any atom is -0.399 e. The summed E-state index contributed by atoms with van der Waals surface area (Å²) in [5, 5.41) is 3.02. The Bertz CT molecular complexity index is 701. The molecule has 5 heteroatoms. The first kappa shape index (κ1) is 19.5. The summed E-state index contributed by atoms with van der Waals surface area (Å²) in [6.07, 6.45) is 0. The molecular formula is C18H22BrClN2O. The first-order chi connectivity index (χ1) is 10.3. The zero-order chi connectivity index (χ0) is 16.3. The van der Waals surface area contributed by atoms with E-state index >= 15 is 0 Å². The highest BCUT2D eigenvalue weighted by Crippen LogP contribution is 2.25. The summed E-state index contributed by atoms with van der Waals surface area (Å²) >= 11 is 3.49. The second-order valence-electron chi connectivity index (χ2n) is 6.15. The Balaban J connectivity index is 0.00000264. The summed E-state index contributed by atoms with van der Waals surface area (Å²) < 4.78 is 1.04. The van der Waals surface area contributed by atoms with E-state index in [1.165, 1.54) is 5.56 Å². The first-order valence-corrected chi connectivity index (χ1v) is 7.99. The van der Waals surface area contributed by atoms with E-state index in [-0.39, 0.29) is 23.7 Å². The Hall–Kier alpha value is -1.52. The number of aryl methyl sites for hydroxylation is 1. The van der Waals surface area contributed by atoms with Gasteiger partial charge in [0.15, 0.2) is 0 Å². The Morgan fingerprint density at radius 1 is 1.22 bits per heavy atom.